The minimum absolute atomic E-state index is 0.0750. The molecular weight excluding hydrogens is 352 g/mol. The third kappa shape index (κ3) is 4.14. The smallest absolute Gasteiger partial charge is 0.259 e. The number of nitrogens with zero attached hydrogens (tertiary/aromatic N) is 2. The lowest BCUT2D eigenvalue weighted by molar-refractivity contribution is 0.0992. The van der Waals surface area contributed by atoms with Gasteiger partial charge in [-0.1, -0.05) is 18.2 Å². The lowest BCUT2D eigenvalue weighted by Gasteiger charge is -2.17. The number of amides is 2. The van der Waals surface area contributed by atoms with Crippen LogP contribution >= 0.6 is 0 Å². The van der Waals surface area contributed by atoms with Crippen LogP contribution in [0.5, 0.6) is 0 Å². The lowest BCUT2D eigenvalue weighted by atomic mass is 10.1. The second-order valence-electron chi connectivity index (χ2n) is 5.74. The van der Waals surface area contributed by atoms with E-state index in [-0.39, 0.29) is 22.7 Å². The van der Waals surface area contributed by atoms with Gasteiger partial charge < -0.3 is 10.2 Å². The molecule has 0 radical (unpaired) electrons. The van der Waals surface area contributed by atoms with E-state index in [9.17, 15) is 18.4 Å². The Bertz CT molecular complexity index is 994. The first-order valence-electron chi connectivity index (χ1n) is 8.00. The van der Waals surface area contributed by atoms with E-state index in [1.54, 1.807) is 31.3 Å². The van der Waals surface area contributed by atoms with E-state index in [2.05, 4.69) is 10.3 Å². The predicted octanol–water partition coefficient (Wildman–Crippen LogP) is 3.89. The summed E-state index contributed by atoms with van der Waals surface area (Å²) in [7, 11) is 1.61. The Hall–Kier alpha value is -3.61. The van der Waals surface area contributed by atoms with Crippen LogP contribution in [-0.4, -0.2) is 23.8 Å². The Morgan fingerprint density at radius 3 is 2.37 bits per heavy atom. The summed E-state index contributed by atoms with van der Waals surface area (Å²) in [6.45, 7) is 0. The van der Waals surface area contributed by atoms with E-state index in [0.29, 0.717) is 11.8 Å². The second kappa shape index (κ2) is 7.74. The van der Waals surface area contributed by atoms with Gasteiger partial charge in [0.1, 0.15) is 11.6 Å². The normalized spacial score (nSPS) is 10.3. The summed E-state index contributed by atoms with van der Waals surface area (Å²) >= 11 is 0. The number of halogens is 2. The van der Waals surface area contributed by atoms with E-state index >= 15 is 0 Å². The highest BCUT2D eigenvalue weighted by atomic mass is 19.1. The topological polar surface area (TPSA) is 62.3 Å². The summed E-state index contributed by atoms with van der Waals surface area (Å²) in [5.41, 5.74) is 0.796. The van der Waals surface area contributed by atoms with Gasteiger partial charge in [-0.2, -0.15) is 0 Å². The van der Waals surface area contributed by atoms with Gasteiger partial charge in [-0.25, -0.2) is 8.78 Å². The number of aromatic nitrogens is 1. The van der Waals surface area contributed by atoms with Crippen LogP contribution < -0.4 is 10.2 Å². The highest BCUT2D eigenvalue weighted by Crippen LogP contribution is 2.18. The molecule has 1 N–H and O–H groups in total. The van der Waals surface area contributed by atoms with Gasteiger partial charge in [0.15, 0.2) is 0 Å². The number of hydrogen-bond donors (Lipinski definition) is 1. The molecule has 0 fully saturated rings. The summed E-state index contributed by atoms with van der Waals surface area (Å²) in [6.07, 6.45) is 2.60. The maximum absolute atomic E-state index is 13.7. The fourth-order valence-electron chi connectivity index (χ4n) is 2.43. The highest BCUT2D eigenvalue weighted by molar-refractivity contribution is 6.09. The van der Waals surface area contributed by atoms with Crippen molar-refractivity contribution in [3.63, 3.8) is 0 Å². The molecule has 27 heavy (non-hydrogen) atoms. The van der Waals surface area contributed by atoms with Crippen molar-refractivity contribution >= 4 is 23.2 Å². The molecule has 0 atom stereocenters. The molecule has 0 saturated heterocycles. The fourth-order valence-corrected chi connectivity index (χ4v) is 2.43. The molecule has 0 aliphatic rings. The Kier molecular flexibility index (Phi) is 5.21. The van der Waals surface area contributed by atoms with Crippen molar-refractivity contribution in [3.05, 3.63) is 89.8 Å². The van der Waals surface area contributed by atoms with Crippen LogP contribution in [-0.2, 0) is 0 Å². The Morgan fingerprint density at radius 2 is 1.67 bits per heavy atom. The summed E-state index contributed by atoms with van der Waals surface area (Å²) in [6, 6.07) is 13.2. The Morgan fingerprint density at radius 1 is 0.963 bits per heavy atom. The predicted molar refractivity (Wildman–Crippen MR) is 97.7 cm³/mol. The van der Waals surface area contributed by atoms with Crippen LogP contribution in [0.25, 0.3) is 0 Å². The molecule has 7 heteroatoms. The van der Waals surface area contributed by atoms with E-state index in [1.165, 1.54) is 23.4 Å². The SMILES string of the molecule is CN(C(=O)c1cncc(C(=O)Nc2ccc(F)cc2F)c1)c1ccccc1. The number of carbonyl (C=O) groups excluding carboxylic acids is 2. The van der Waals surface area contributed by atoms with E-state index in [4.69, 9.17) is 0 Å². The number of anilines is 2. The summed E-state index contributed by atoms with van der Waals surface area (Å²) in [5.74, 6) is -2.66. The zero-order valence-corrected chi connectivity index (χ0v) is 14.3. The first-order chi connectivity index (χ1) is 13.0. The van der Waals surface area contributed by atoms with Crippen LogP contribution in [0.4, 0.5) is 20.2 Å². The van der Waals surface area contributed by atoms with Crippen molar-refractivity contribution in [2.75, 3.05) is 17.3 Å². The molecule has 0 aliphatic carbocycles. The van der Waals surface area contributed by atoms with Gasteiger partial charge in [-0.15, -0.1) is 0 Å². The zero-order chi connectivity index (χ0) is 19.4. The number of hydrogen-bond acceptors (Lipinski definition) is 3. The molecule has 0 aliphatic heterocycles. The molecular formula is C20H15F2N3O2. The molecule has 2 aromatic carbocycles. The maximum Gasteiger partial charge on any atom is 0.259 e. The molecule has 0 spiro atoms. The monoisotopic (exact) mass is 367 g/mol. The Labute approximate surface area is 154 Å². The lowest BCUT2D eigenvalue weighted by Crippen LogP contribution is -2.26. The minimum Gasteiger partial charge on any atom is -0.319 e. The maximum atomic E-state index is 13.7. The van der Waals surface area contributed by atoms with Gasteiger partial charge in [0.2, 0.25) is 0 Å². The summed E-state index contributed by atoms with van der Waals surface area (Å²) in [5, 5.41) is 2.34. The fraction of sp³-hybridized carbons (Fsp3) is 0.0500. The number of para-hydroxylation sites is 1. The molecule has 3 aromatic rings. The van der Waals surface area contributed by atoms with Gasteiger partial charge in [0.25, 0.3) is 11.8 Å². The molecule has 0 bridgehead atoms. The first kappa shape index (κ1) is 18.2. The van der Waals surface area contributed by atoms with E-state index in [1.807, 2.05) is 6.07 Å². The Balaban J connectivity index is 1.80. The number of carbonyl (C=O) groups is 2. The van der Waals surface area contributed by atoms with Crippen molar-refractivity contribution in [2.45, 2.75) is 0 Å². The molecule has 1 aromatic heterocycles. The van der Waals surface area contributed by atoms with Crippen LogP contribution in [0.15, 0.2) is 67.0 Å². The van der Waals surface area contributed by atoms with Crippen molar-refractivity contribution in [2.24, 2.45) is 0 Å². The average molecular weight is 367 g/mol. The van der Waals surface area contributed by atoms with Crippen LogP contribution in [0.3, 0.4) is 0 Å². The van der Waals surface area contributed by atoms with Gasteiger partial charge in [0.05, 0.1) is 16.8 Å². The van der Waals surface area contributed by atoms with Crippen molar-refractivity contribution in [3.8, 4) is 0 Å². The average Bonchev–Trinajstić information content (AvgIpc) is 2.69. The largest absolute Gasteiger partial charge is 0.319 e. The third-order valence-electron chi connectivity index (χ3n) is 3.87. The van der Waals surface area contributed by atoms with Crippen molar-refractivity contribution in [1.29, 1.82) is 0 Å². The molecule has 3 rings (SSSR count). The third-order valence-corrected chi connectivity index (χ3v) is 3.87. The number of pyridine rings is 1. The van der Waals surface area contributed by atoms with Crippen LogP contribution in [0, 0.1) is 11.6 Å². The molecule has 0 saturated carbocycles. The minimum atomic E-state index is -0.896. The van der Waals surface area contributed by atoms with Crippen molar-refractivity contribution in [1.82, 2.24) is 4.98 Å². The number of rotatable bonds is 4. The quantitative estimate of drug-likeness (QED) is 0.761. The van der Waals surface area contributed by atoms with Crippen LogP contribution in [0.1, 0.15) is 20.7 Å². The summed E-state index contributed by atoms with van der Waals surface area (Å²) < 4.78 is 26.7. The number of nitrogens with one attached hydrogen (secondary N) is 1. The van der Waals surface area contributed by atoms with Gasteiger partial charge in [-0.3, -0.25) is 14.6 Å². The van der Waals surface area contributed by atoms with Gasteiger partial charge >= 0.3 is 0 Å². The van der Waals surface area contributed by atoms with Gasteiger partial charge in [-0.05, 0) is 30.3 Å². The van der Waals surface area contributed by atoms with Gasteiger partial charge in [0, 0.05) is 31.2 Å². The molecule has 1 heterocycles. The summed E-state index contributed by atoms with van der Waals surface area (Å²) in [4.78, 5) is 30.3. The second-order valence-corrected chi connectivity index (χ2v) is 5.74. The van der Waals surface area contributed by atoms with E-state index in [0.717, 1.165) is 12.1 Å². The molecule has 5 nitrogen and oxygen atoms in total. The highest BCUT2D eigenvalue weighted by Gasteiger charge is 2.17. The van der Waals surface area contributed by atoms with Crippen LogP contribution in [0.2, 0.25) is 0 Å². The first-order valence-corrected chi connectivity index (χ1v) is 8.00. The van der Waals surface area contributed by atoms with E-state index < -0.39 is 17.5 Å². The molecule has 0 unspecified atom stereocenters. The number of benzene rings is 2. The van der Waals surface area contributed by atoms with Crippen molar-refractivity contribution < 1.29 is 18.4 Å². The molecule has 136 valence electrons. The zero-order valence-electron chi connectivity index (χ0n) is 14.3. The molecule has 2 amide bonds. The standard InChI is InChI=1S/C20H15F2N3O2/c1-25(16-5-3-2-4-6-16)20(27)14-9-13(11-23-12-14)19(26)24-18-8-7-15(21)10-17(18)22/h2-12H,1H3,(H,24,26).